The van der Waals surface area contributed by atoms with Crippen molar-refractivity contribution in [2.75, 3.05) is 7.11 Å². The summed E-state index contributed by atoms with van der Waals surface area (Å²) in [4.78, 5) is 0.702. The lowest BCUT2D eigenvalue weighted by molar-refractivity contribution is 0.304. The molecule has 0 amide bonds. The predicted octanol–water partition coefficient (Wildman–Crippen LogP) is 4.14. The van der Waals surface area contributed by atoms with Crippen molar-refractivity contribution >= 4 is 16.3 Å². The van der Waals surface area contributed by atoms with Crippen LogP contribution in [0.25, 0.3) is 27.7 Å². The van der Waals surface area contributed by atoms with Gasteiger partial charge in [-0.15, -0.1) is 10.2 Å². The van der Waals surface area contributed by atoms with Crippen LogP contribution in [0.2, 0.25) is 0 Å². The summed E-state index contributed by atoms with van der Waals surface area (Å²) in [5.41, 5.74) is 3.72. The number of methoxy groups -OCH3 is 1. The Bertz CT molecular complexity index is 1290. The molecule has 0 aliphatic carbocycles. The molecule has 0 atom stereocenters. The molecule has 0 aliphatic rings. The second kappa shape index (κ2) is 7.60. The molecule has 0 unspecified atom stereocenters. The van der Waals surface area contributed by atoms with E-state index in [1.807, 2.05) is 61.5 Å². The normalized spacial score (nSPS) is 11.1. The quantitative estimate of drug-likeness (QED) is 0.446. The van der Waals surface area contributed by atoms with Crippen LogP contribution in [0.4, 0.5) is 0 Å². The van der Waals surface area contributed by atoms with E-state index in [0.29, 0.717) is 17.4 Å². The summed E-state index contributed by atoms with van der Waals surface area (Å²) in [6.07, 6.45) is 0. The van der Waals surface area contributed by atoms with Crippen molar-refractivity contribution in [3.05, 3.63) is 65.2 Å². The monoisotopic (exact) mass is 418 g/mol. The third kappa shape index (κ3) is 3.50. The van der Waals surface area contributed by atoms with E-state index >= 15 is 0 Å². The third-order valence-electron chi connectivity index (χ3n) is 4.62. The van der Waals surface area contributed by atoms with Gasteiger partial charge in [0.2, 0.25) is 10.8 Å². The summed E-state index contributed by atoms with van der Waals surface area (Å²) in [7, 11) is 1.64. The van der Waals surface area contributed by atoms with Crippen molar-refractivity contribution < 1.29 is 9.47 Å². The van der Waals surface area contributed by atoms with Crippen LogP contribution in [0.1, 0.15) is 10.6 Å². The van der Waals surface area contributed by atoms with E-state index in [1.165, 1.54) is 16.9 Å². The molecule has 0 bridgehead atoms. The van der Waals surface area contributed by atoms with Gasteiger partial charge in [-0.3, -0.25) is 5.10 Å². The second-order valence-corrected chi connectivity index (χ2v) is 7.75. The minimum absolute atomic E-state index is 0.372. The molecule has 0 radical (unpaired) electrons. The molecule has 0 saturated carbocycles. The van der Waals surface area contributed by atoms with Gasteiger partial charge in [-0.05, 0) is 49.4 Å². The zero-order chi connectivity index (χ0) is 20.5. The highest BCUT2D eigenvalue weighted by Gasteiger charge is 2.16. The molecule has 150 valence electrons. The van der Waals surface area contributed by atoms with Crippen LogP contribution in [-0.2, 0) is 6.61 Å². The van der Waals surface area contributed by atoms with Crippen LogP contribution in [-0.4, -0.2) is 37.1 Å². The number of nitrogens with zero attached hydrogens (tertiary/aromatic N) is 5. The molecule has 3 heterocycles. The van der Waals surface area contributed by atoms with E-state index in [1.54, 1.807) is 11.6 Å². The highest BCUT2D eigenvalue weighted by Crippen LogP contribution is 2.26. The fourth-order valence-corrected chi connectivity index (χ4v) is 3.75. The van der Waals surface area contributed by atoms with Crippen LogP contribution in [0.5, 0.6) is 11.5 Å². The van der Waals surface area contributed by atoms with Crippen molar-refractivity contribution in [2.45, 2.75) is 13.5 Å². The molecule has 0 saturated heterocycles. The molecule has 30 heavy (non-hydrogen) atoms. The fraction of sp³-hybridized carbons (Fsp3) is 0.143. The smallest absolute Gasteiger partial charge is 0.235 e. The molecule has 2 aromatic carbocycles. The SMILES string of the molecule is COc1ccc(-c2cc(-c3nnc4sc(COc5ccc(C)cc5)nn34)[nH]n2)cc1. The Morgan fingerprint density at radius 1 is 1.00 bits per heavy atom. The van der Waals surface area contributed by atoms with Gasteiger partial charge in [-0.25, -0.2) is 0 Å². The number of aromatic nitrogens is 6. The minimum atomic E-state index is 0.372. The van der Waals surface area contributed by atoms with Gasteiger partial charge in [0.05, 0.1) is 12.8 Å². The number of fused-ring (bicyclic) bond motifs is 1. The number of aryl methyl sites for hydroxylation is 1. The van der Waals surface area contributed by atoms with Gasteiger partial charge in [-0.2, -0.15) is 14.7 Å². The zero-order valence-corrected chi connectivity index (χ0v) is 17.2. The molecule has 5 rings (SSSR count). The topological polar surface area (TPSA) is 90.2 Å². The van der Waals surface area contributed by atoms with Gasteiger partial charge in [0.15, 0.2) is 5.01 Å². The Morgan fingerprint density at radius 2 is 1.77 bits per heavy atom. The summed E-state index contributed by atoms with van der Waals surface area (Å²) < 4.78 is 12.7. The average Bonchev–Trinajstić information content (AvgIpc) is 3.49. The standard InChI is InChI=1S/C21H18N6O2S/c1-13-3-7-16(8-4-13)29-12-19-26-27-20(24-25-21(27)30-19)18-11-17(22-23-18)14-5-9-15(28-2)10-6-14/h3-11H,12H2,1-2H3,(H,22,23). The van der Waals surface area contributed by atoms with E-state index in [9.17, 15) is 0 Å². The maximum atomic E-state index is 5.83. The molecule has 5 aromatic rings. The van der Waals surface area contributed by atoms with Crippen LogP contribution >= 0.6 is 11.3 Å². The molecular formula is C21H18N6O2S. The fourth-order valence-electron chi connectivity index (χ4n) is 3.01. The van der Waals surface area contributed by atoms with Gasteiger partial charge < -0.3 is 9.47 Å². The molecule has 0 fully saturated rings. The lowest BCUT2D eigenvalue weighted by atomic mass is 10.1. The number of rotatable bonds is 6. The first-order valence-electron chi connectivity index (χ1n) is 9.30. The summed E-state index contributed by atoms with van der Waals surface area (Å²) in [6.45, 7) is 2.42. The van der Waals surface area contributed by atoms with Gasteiger partial charge in [0.25, 0.3) is 0 Å². The summed E-state index contributed by atoms with van der Waals surface area (Å²) in [5, 5.41) is 21.3. The molecular weight excluding hydrogens is 400 g/mol. The van der Waals surface area contributed by atoms with Crippen molar-refractivity contribution in [1.29, 1.82) is 0 Å². The van der Waals surface area contributed by atoms with E-state index in [2.05, 4.69) is 25.5 Å². The van der Waals surface area contributed by atoms with Crippen molar-refractivity contribution in [3.63, 3.8) is 0 Å². The van der Waals surface area contributed by atoms with Crippen molar-refractivity contribution in [2.24, 2.45) is 0 Å². The number of ether oxygens (including phenoxy) is 2. The Morgan fingerprint density at radius 3 is 2.53 bits per heavy atom. The second-order valence-electron chi connectivity index (χ2n) is 6.71. The summed E-state index contributed by atoms with van der Waals surface area (Å²) >= 11 is 1.45. The van der Waals surface area contributed by atoms with Crippen molar-refractivity contribution in [1.82, 2.24) is 30.0 Å². The Balaban J connectivity index is 1.37. The zero-order valence-electron chi connectivity index (χ0n) is 16.4. The van der Waals surface area contributed by atoms with Crippen LogP contribution in [0, 0.1) is 6.92 Å². The van der Waals surface area contributed by atoms with E-state index in [0.717, 1.165) is 33.5 Å². The lowest BCUT2D eigenvalue weighted by Crippen LogP contribution is -1.97. The number of hydrogen-bond donors (Lipinski definition) is 1. The summed E-state index contributed by atoms with van der Waals surface area (Å²) in [5.74, 6) is 2.22. The van der Waals surface area contributed by atoms with E-state index in [4.69, 9.17) is 9.47 Å². The predicted molar refractivity (Wildman–Crippen MR) is 114 cm³/mol. The van der Waals surface area contributed by atoms with E-state index < -0.39 is 0 Å². The Hall–Kier alpha value is -3.72. The first-order valence-corrected chi connectivity index (χ1v) is 10.1. The van der Waals surface area contributed by atoms with Crippen LogP contribution < -0.4 is 9.47 Å². The van der Waals surface area contributed by atoms with Gasteiger partial charge in [0, 0.05) is 5.56 Å². The lowest BCUT2D eigenvalue weighted by Gasteiger charge is -2.03. The maximum Gasteiger partial charge on any atom is 0.235 e. The van der Waals surface area contributed by atoms with Gasteiger partial charge in [0.1, 0.15) is 23.8 Å². The summed E-state index contributed by atoms with van der Waals surface area (Å²) in [6, 6.07) is 17.6. The average molecular weight is 418 g/mol. The van der Waals surface area contributed by atoms with Gasteiger partial charge in [-0.1, -0.05) is 29.0 Å². The molecule has 9 heteroatoms. The first kappa shape index (κ1) is 18.3. The van der Waals surface area contributed by atoms with E-state index in [-0.39, 0.29) is 0 Å². The molecule has 8 nitrogen and oxygen atoms in total. The van der Waals surface area contributed by atoms with Crippen LogP contribution in [0.3, 0.4) is 0 Å². The number of benzene rings is 2. The molecule has 3 aromatic heterocycles. The largest absolute Gasteiger partial charge is 0.497 e. The highest BCUT2D eigenvalue weighted by atomic mass is 32.1. The highest BCUT2D eigenvalue weighted by molar-refractivity contribution is 7.16. The van der Waals surface area contributed by atoms with Crippen LogP contribution in [0.15, 0.2) is 54.6 Å². The molecule has 0 spiro atoms. The number of aromatic amines is 1. The third-order valence-corrected chi connectivity index (χ3v) is 5.49. The number of hydrogen-bond acceptors (Lipinski definition) is 7. The van der Waals surface area contributed by atoms with Crippen molar-refractivity contribution in [3.8, 4) is 34.3 Å². The molecule has 0 aliphatic heterocycles. The molecule has 1 N–H and O–H groups in total. The Labute approximate surface area is 176 Å². The number of H-pyrrole nitrogens is 1. The first-order chi connectivity index (χ1) is 14.7. The number of nitrogens with one attached hydrogen (secondary N) is 1. The minimum Gasteiger partial charge on any atom is -0.497 e. The maximum absolute atomic E-state index is 5.83. The Kier molecular flexibility index (Phi) is 4.64. The van der Waals surface area contributed by atoms with Gasteiger partial charge >= 0.3 is 0 Å².